The molecule has 5 nitrogen and oxygen atoms in total. The van der Waals surface area contributed by atoms with E-state index < -0.39 is 11.0 Å². The summed E-state index contributed by atoms with van der Waals surface area (Å²) in [6.45, 7) is 4.23. The molecule has 5 rings (SSSR count). The second kappa shape index (κ2) is 6.92. The molecule has 0 amide bonds. The van der Waals surface area contributed by atoms with E-state index in [1.54, 1.807) is 6.07 Å². The summed E-state index contributed by atoms with van der Waals surface area (Å²) in [6.07, 6.45) is 1.21. The number of anilines is 1. The lowest BCUT2D eigenvalue weighted by molar-refractivity contribution is -0.384. The van der Waals surface area contributed by atoms with Gasteiger partial charge in [-0.3, -0.25) is 14.9 Å². The summed E-state index contributed by atoms with van der Waals surface area (Å²) in [4.78, 5) is 24.4. The first-order chi connectivity index (χ1) is 14.7. The van der Waals surface area contributed by atoms with Crippen LogP contribution in [0.15, 0.2) is 60.2 Å². The van der Waals surface area contributed by atoms with Crippen molar-refractivity contribution >= 4 is 45.1 Å². The van der Waals surface area contributed by atoms with Gasteiger partial charge in [0.05, 0.1) is 11.0 Å². The minimum atomic E-state index is -0.489. The molecule has 31 heavy (non-hydrogen) atoms. The van der Waals surface area contributed by atoms with Crippen molar-refractivity contribution in [3.63, 3.8) is 0 Å². The molecule has 0 saturated heterocycles. The number of Topliss-reactive ketones (excluding diaryl/α,β-unsaturated/α-hetero) is 1. The van der Waals surface area contributed by atoms with Gasteiger partial charge in [0.2, 0.25) is 0 Å². The summed E-state index contributed by atoms with van der Waals surface area (Å²) in [5.41, 5.74) is 4.10. The highest BCUT2D eigenvalue weighted by Gasteiger charge is 2.41. The van der Waals surface area contributed by atoms with Gasteiger partial charge in [0.1, 0.15) is 5.02 Å². The first-order valence-electron chi connectivity index (χ1n) is 10.2. The molecule has 6 heteroatoms. The fourth-order valence-electron chi connectivity index (χ4n) is 4.94. The third-order valence-corrected chi connectivity index (χ3v) is 6.56. The Bertz CT molecular complexity index is 1310. The van der Waals surface area contributed by atoms with Crippen LogP contribution in [0.3, 0.4) is 0 Å². The molecule has 1 heterocycles. The number of nitrogens with zero attached hydrogens (tertiary/aromatic N) is 1. The Labute approximate surface area is 184 Å². The van der Waals surface area contributed by atoms with Gasteiger partial charge >= 0.3 is 0 Å². The van der Waals surface area contributed by atoms with E-state index >= 15 is 0 Å². The highest BCUT2D eigenvalue weighted by Crippen LogP contribution is 2.52. The number of hydrogen-bond acceptors (Lipinski definition) is 4. The average Bonchev–Trinajstić information content (AvgIpc) is 2.72. The van der Waals surface area contributed by atoms with Crippen LogP contribution < -0.4 is 5.32 Å². The lowest BCUT2D eigenvalue weighted by atomic mass is 9.68. The first-order valence-corrected chi connectivity index (χ1v) is 10.6. The van der Waals surface area contributed by atoms with E-state index in [2.05, 4.69) is 37.4 Å². The molecular weight excluding hydrogens is 412 g/mol. The minimum Gasteiger partial charge on any atom is -0.373 e. The number of halogens is 1. The Morgan fingerprint density at radius 1 is 1.10 bits per heavy atom. The number of hydrogen-bond donors (Lipinski definition) is 1. The smallest absolute Gasteiger partial charge is 0.288 e. The standard InChI is InChI=1S/C25H21ClN2O3/c1-25(2)12-17-22-16-6-4-3-5-14(16)8-10-19(22)27-24(23(17)21(29)13-25)15-7-9-18(26)20(11-15)28(30)31/h3-11,24,27H,12-13H2,1-2H3/t24-/m0/s1. The molecule has 1 atom stereocenters. The number of carbonyl (C=O) groups excluding carboxylic acids is 1. The Hall–Kier alpha value is -3.18. The molecule has 0 unspecified atom stereocenters. The molecule has 0 bridgehead atoms. The van der Waals surface area contributed by atoms with Gasteiger partial charge in [-0.25, -0.2) is 0 Å². The lowest BCUT2D eigenvalue weighted by Gasteiger charge is -2.40. The molecule has 1 N–H and O–H groups in total. The summed E-state index contributed by atoms with van der Waals surface area (Å²) in [5.74, 6) is 0.0833. The minimum absolute atomic E-state index is 0.0833. The molecule has 0 saturated carbocycles. The number of nitro groups is 1. The number of carbonyl (C=O) groups is 1. The van der Waals surface area contributed by atoms with Crippen LogP contribution in [0, 0.1) is 15.5 Å². The van der Waals surface area contributed by atoms with E-state index in [1.807, 2.05) is 18.2 Å². The number of allylic oxidation sites excluding steroid dienone is 1. The fraction of sp³-hybridized carbons (Fsp3) is 0.240. The number of rotatable bonds is 2. The van der Waals surface area contributed by atoms with E-state index in [9.17, 15) is 14.9 Å². The predicted molar refractivity (Wildman–Crippen MR) is 123 cm³/mol. The van der Waals surface area contributed by atoms with Gasteiger partial charge in [-0.15, -0.1) is 0 Å². The quantitative estimate of drug-likeness (QED) is 0.360. The summed E-state index contributed by atoms with van der Waals surface area (Å²) in [6, 6.07) is 16.6. The van der Waals surface area contributed by atoms with E-state index in [-0.39, 0.29) is 21.9 Å². The third-order valence-electron chi connectivity index (χ3n) is 6.24. The van der Waals surface area contributed by atoms with E-state index in [0.29, 0.717) is 17.6 Å². The Kier molecular flexibility index (Phi) is 4.41. The summed E-state index contributed by atoms with van der Waals surface area (Å²) in [7, 11) is 0. The van der Waals surface area contributed by atoms with Crippen molar-refractivity contribution in [2.24, 2.45) is 5.41 Å². The van der Waals surface area contributed by atoms with Crippen molar-refractivity contribution in [1.29, 1.82) is 0 Å². The molecule has 156 valence electrons. The summed E-state index contributed by atoms with van der Waals surface area (Å²) < 4.78 is 0. The van der Waals surface area contributed by atoms with Gasteiger partial charge in [-0.05, 0) is 45.9 Å². The van der Waals surface area contributed by atoms with Gasteiger partial charge in [-0.2, -0.15) is 0 Å². The number of benzene rings is 3. The molecular formula is C25H21ClN2O3. The number of fused-ring (bicyclic) bond motifs is 4. The first kappa shape index (κ1) is 19.8. The van der Waals surface area contributed by atoms with Gasteiger partial charge in [0.25, 0.3) is 5.69 Å². The zero-order valence-corrected chi connectivity index (χ0v) is 18.0. The SMILES string of the molecule is CC1(C)CC(=O)C2=C(C1)c1c(ccc3ccccc13)N[C@H]2c1ccc(Cl)c([N+](=O)[O-])c1. The fourth-order valence-corrected chi connectivity index (χ4v) is 5.12. The van der Waals surface area contributed by atoms with E-state index in [1.165, 1.54) is 12.1 Å². The average molecular weight is 433 g/mol. The largest absolute Gasteiger partial charge is 0.373 e. The maximum atomic E-state index is 13.4. The van der Waals surface area contributed by atoms with Crippen LogP contribution >= 0.6 is 11.6 Å². The molecule has 0 aromatic heterocycles. The number of nitro benzene ring substituents is 1. The second-order valence-electron chi connectivity index (χ2n) is 9.09. The number of ketones is 1. The van der Waals surface area contributed by atoms with Crippen LogP contribution in [0.4, 0.5) is 11.4 Å². The van der Waals surface area contributed by atoms with Crippen LogP contribution in [0.25, 0.3) is 16.3 Å². The Balaban J connectivity index is 1.78. The summed E-state index contributed by atoms with van der Waals surface area (Å²) >= 11 is 6.04. The molecule has 1 aliphatic carbocycles. The van der Waals surface area contributed by atoms with Crippen molar-refractivity contribution in [1.82, 2.24) is 0 Å². The molecule has 0 radical (unpaired) electrons. The van der Waals surface area contributed by atoms with Gasteiger partial charge in [0, 0.05) is 29.3 Å². The molecule has 2 aliphatic rings. The van der Waals surface area contributed by atoms with Crippen molar-refractivity contribution in [2.75, 3.05) is 5.32 Å². The van der Waals surface area contributed by atoms with Crippen LogP contribution in [-0.2, 0) is 4.79 Å². The van der Waals surface area contributed by atoms with Crippen LogP contribution in [0.5, 0.6) is 0 Å². The van der Waals surface area contributed by atoms with E-state index in [0.717, 1.165) is 34.0 Å². The molecule has 3 aromatic rings. The van der Waals surface area contributed by atoms with Crippen molar-refractivity contribution < 1.29 is 9.72 Å². The molecule has 1 aliphatic heterocycles. The molecule has 0 spiro atoms. The monoisotopic (exact) mass is 432 g/mol. The maximum Gasteiger partial charge on any atom is 0.288 e. The van der Waals surface area contributed by atoms with Crippen molar-refractivity contribution in [2.45, 2.75) is 32.7 Å². The van der Waals surface area contributed by atoms with Gasteiger partial charge in [-0.1, -0.05) is 61.8 Å². The normalized spacial score (nSPS) is 19.6. The number of nitrogens with one attached hydrogen (secondary N) is 1. The highest BCUT2D eigenvalue weighted by atomic mass is 35.5. The molecule has 0 fully saturated rings. The van der Waals surface area contributed by atoms with Gasteiger partial charge in [0.15, 0.2) is 5.78 Å². The lowest BCUT2D eigenvalue weighted by Crippen LogP contribution is -2.33. The van der Waals surface area contributed by atoms with Crippen LogP contribution in [-0.4, -0.2) is 10.7 Å². The third kappa shape index (κ3) is 3.20. The maximum absolute atomic E-state index is 13.4. The van der Waals surface area contributed by atoms with E-state index in [4.69, 9.17) is 11.6 Å². The van der Waals surface area contributed by atoms with Gasteiger partial charge < -0.3 is 5.32 Å². The summed E-state index contributed by atoms with van der Waals surface area (Å²) in [5, 5.41) is 17.3. The topological polar surface area (TPSA) is 72.2 Å². The Morgan fingerprint density at radius 3 is 2.65 bits per heavy atom. The second-order valence-corrected chi connectivity index (χ2v) is 9.49. The Morgan fingerprint density at radius 2 is 1.87 bits per heavy atom. The zero-order valence-electron chi connectivity index (χ0n) is 17.2. The molecule has 3 aromatic carbocycles. The van der Waals surface area contributed by atoms with Crippen molar-refractivity contribution in [3.8, 4) is 0 Å². The van der Waals surface area contributed by atoms with Crippen molar-refractivity contribution in [3.05, 3.63) is 86.4 Å². The highest BCUT2D eigenvalue weighted by molar-refractivity contribution is 6.32. The van der Waals surface area contributed by atoms with Crippen LogP contribution in [0.1, 0.15) is 43.9 Å². The predicted octanol–water partition coefficient (Wildman–Crippen LogP) is 6.71. The van der Waals surface area contributed by atoms with Crippen LogP contribution in [0.2, 0.25) is 5.02 Å². The zero-order chi connectivity index (χ0) is 21.9.